The van der Waals surface area contributed by atoms with E-state index >= 15 is 0 Å². The first-order chi connectivity index (χ1) is 26.8. The Balaban J connectivity index is 1.06. The van der Waals surface area contributed by atoms with Crippen molar-refractivity contribution in [2.45, 2.75) is 5.41 Å². The third kappa shape index (κ3) is 3.85. The van der Waals surface area contributed by atoms with Crippen molar-refractivity contribution in [2.24, 2.45) is 0 Å². The molecule has 0 unspecified atom stereocenters. The summed E-state index contributed by atoms with van der Waals surface area (Å²) in [6.45, 7) is 0. The second kappa shape index (κ2) is 11.0. The molecule has 54 heavy (non-hydrogen) atoms. The van der Waals surface area contributed by atoms with E-state index in [9.17, 15) is 0 Å². The minimum absolute atomic E-state index is 0.405. The van der Waals surface area contributed by atoms with Gasteiger partial charge in [-0.3, -0.25) is 4.40 Å². The van der Waals surface area contributed by atoms with Crippen molar-refractivity contribution in [1.29, 1.82) is 0 Å². The van der Waals surface area contributed by atoms with Crippen LogP contribution in [0, 0.1) is 0 Å². The Labute approximate surface area is 311 Å². The van der Waals surface area contributed by atoms with Gasteiger partial charge in [0.1, 0.15) is 5.52 Å². The number of aromatic nitrogens is 3. The van der Waals surface area contributed by atoms with Gasteiger partial charge in [-0.25, -0.2) is 9.97 Å². The first-order valence-corrected chi connectivity index (χ1v) is 18.6. The van der Waals surface area contributed by atoms with Gasteiger partial charge in [0.2, 0.25) is 0 Å². The van der Waals surface area contributed by atoms with Crippen LogP contribution in [0.25, 0.3) is 82.8 Å². The highest BCUT2D eigenvalue weighted by atomic mass is 15.0. The summed E-state index contributed by atoms with van der Waals surface area (Å²) in [5.41, 5.74) is 18.0. The third-order valence-electron chi connectivity index (χ3n) is 11.8. The Bertz CT molecular complexity index is 3210. The van der Waals surface area contributed by atoms with E-state index in [2.05, 4.69) is 186 Å². The minimum atomic E-state index is -0.405. The van der Waals surface area contributed by atoms with E-state index in [0.29, 0.717) is 0 Å². The number of benzene rings is 8. The average molecular weight is 686 g/mol. The first-order valence-electron chi connectivity index (χ1n) is 18.6. The van der Waals surface area contributed by atoms with E-state index in [0.717, 1.165) is 44.2 Å². The maximum Gasteiger partial charge on any atom is 0.165 e. The lowest BCUT2D eigenvalue weighted by molar-refractivity contribution is 0.768. The van der Waals surface area contributed by atoms with Crippen LogP contribution >= 0.6 is 0 Å². The highest BCUT2D eigenvalue weighted by Crippen LogP contribution is 2.56. The van der Waals surface area contributed by atoms with Gasteiger partial charge in [0.15, 0.2) is 5.65 Å². The molecule has 3 aromatic heterocycles. The van der Waals surface area contributed by atoms with Gasteiger partial charge in [-0.1, -0.05) is 164 Å². The largest absolute Gasteiger partial charge is 0.291 e. The predicted octanol–water partition coefficient (Wildman–Crippen LogP) is 12.5. The zero-order valence-corrected chi connectivity index (χ0v) is 29.2. The van der Waals surface area contributed by atoms with E-state index in [1.54, 1.807) is 0 Å². The fourth-order valence-electron chi connectivity index (χ4n) is 9.54. The Morgan fingerprint density at radius 1 is 0.389 bits per heavy atom. The van der Waals surface area contributed by atoms with Crippen LogP contribution in [0.2, 0.25) is 0 Å². The van der Waals surface area contributed by atoms with Crippen molar-refractivity contribution < 1.29 is 0 Å². The van der Waals surface area contributed by atoms with Crippen LogP contribution in [0.4, 0.5) is 0 Å². The molecule has 0 atom stereocenters. The van der Waals surface area contributed by atoms with E-state index in [-0.39, 0.29) is 0 Å². The first kappa shape index (κ1) is 29.5. The topological polar surface area (TPSA) is 30.2 Å². The Morgan fingerprint density at radius 2 is 1.02 bits per heavy atom. The molecule has 11 aromatic rings. The Kier molecular flexibility index (Phi) is 5.98. The molecule has 0 saturated heterocycles. The molecule has 0 radical (unpaired) electrons. The molecule has 3 nitrogen and oxygen atoms in total. The average Bonchev–Trinajstić information content (AvgIpc) is 3.86. The van der Waals surface area contributed by atoms with E-state index in [1.807, 2.05) is 6.07 Å². The molecule has 1 aliphatic rings. The maximum atomic E-state index is 5.34. The third-order valence-corrected chi connectivity index (χ3v) is 11.8. The van der Waals surface area contributed by atoms with Gasteiger partial charge in [0.25, 0.3) is 0 Å². The van der Waals surface area contributed by atoms with Crippen molar-refractivity contribution in [2.75, 3.05) is 0 Å². The summed E-state index contributed by atoms with van der Waals surface area (Å²) in [6.07, 6.45) is 0. The summed E-state index contributed by atoms with van der Waals surface area (Å²) in [4.78, 5) is 10.6. The van der Waals surface area contributed by atoms with Gasteiger partial charge < -0.3 is 0 Å². The van der Waals surface area contributed by atoms with Crippen LogP contribution in [0.5, 0.6) is 0 Å². The SMILES string of the molecule is c1ccc(-c2cccc3nc4c(nc23)c2cccc3c5cc(-c6ccc7c(c6)-c6ccccc6C7(c6ccccc6)c6ccccc6)ccc5n4c32)cc1. The second-order valence-corrected chi connectivity index (χ2v) is 14.5. The van der Waals surface area contributed by atoms with Gasteiger partial charge in [-0.2, -0.15) is 0 Å². The number of hydrogen-bond acceptors (Lipinski definition) is 2. The molecule has 0 N–H and O–H groups in total. The van der Waals surface area contributed by atoms with E-state index in [4.69, 9.17) is 9.97 Å². The van der Waals surface area contributed by atoms with Crippen LogP contribution in [0.15, 0.2) is 188 Å². The lowest BCUT2D eigenvalue weighted by atomic mass is 9.67. The fraction of sp³-hybridized carbons (Fsp3) is 0.0196. The van der Waals surface area contributed by atoms with Crippen LogP contribution in [-0.2, 0) is 5.41 Å². The lowest BCUT2D eigenvalue weighted by Gasteiger charge is -2.33. The van der Waals surface area contributed by atoms with E-state index < -0.39 is 5.41 Å². The van der Waals surface area contributed by atoms with Crippen molar-refractivity contribution in [3.8, 4) is 33.4 Å². The summed E-state index contributed by atoms with van der Waals surface area (Å²) in [7, 11) is 0. The molecular weight excluding hydrogens is 655 g/mol. The molecule has 0 amide bonds. The maximum absolute atomic E-state index is 5.34. The fourth-order valence-corrected chi connectivity index (χ4v) is 9.54. The number of fused-ring (bicyclic) bond motifs is 10. The molecule has 0 fully saturated rings. The summed E-state index contributed by atoms with van der Waals surface area (Å²) in [6, 6.07) is 68.4. The molecule has 3 heteroatoms. The molecule has 1 aliphatic carbocycles. The second-order valence-electron chi connectivity index (χ2n) is 14.5. The van der Waals surface area contributed by atoms with Crippen LogP contribution in [0.1, 0.15) is 22.3 Å². The summed E-state index contributed by atoms with van der Waals surface area (Å²) in [5, 5.41) is 3.57. The number of rotatable bonds is 4. The quantitative estimate of drug-likeness (QED) is 0.185. The van der Waals surface area contributed by atoms with Crippen molar-refractivity contribution in [1.82, 2.24) is 14.4 Å². The van der Waals surface area contributed by atoms with Crippen molar-refractivity contribution >= 4 is 49.4 Å². The number of hydrogen-bond donors (Lipinski definition) is 0. The molecule has 0 aliphatic heterocycles. The molecule has 0 spiro atoms. The van der Waals surface area contributed by atoms with Gasteiger partial charge in [-0.15, -0.1) is 0 Å². The minimum Gasteiger partial charge on any atom is -0.291 e. The normalized spacial score (nSPS) is 13.3. The monoisotopic (exact) mass is 685 g/mol. The zero-order valence-electron chi connectivity index (χ0n) is 29.2. The number of nitrogens with zero attached hydrogens (tertiary/aromatic N) is 3. The van der Waals surface area contributed by atoms with Crippen molar-refractivity contribution in [3.05, 3.63) is 210 Å². The standard InChI is InChI=1S/C51H31N3/c1-4-14-32(15-5-1)37-21-13-25-45-47(37)53-48-40-23-12-22-39-42-31-34(27-29-46(42)54(49(39)40)50(48)52-45)33-26-28-44-41(30-33)38-20-10-11-24-43(38)51(44,35-16-6-2-7-17-35)36-18-8-3-9-19-36/h1-31H. The van der Waals surface area contributed by atoms with Crippen LogP contribution < -0.4 is 0 Å². The zero-order chi connectivity index (χ0) is 35.4. The summed E-state index contributed by atoms with van der Waals surface area (Å²) in [5.74, 6) is 0. The summed E-state index contributed by atoms with van der Waals surface area (Å²) >= 11 is 0. The molecule has 12 rings (SSSR count). The van der Waals surface area contributed by atoms with Gasteiger partial charge >= 0.3 is 0 Å². The molecular formula is C51H31N3. The van der Waals surface area contributed by atoms with E-state index in [1.165, 1.54) is 60.8 Å². The molecule has 0 saturated carbocycles. The van der Waals surface area contributed by atoms with Gasteiger partial charge in [-0.05, 0) is 74.3 Å². The van der Waals surface area contributed by atoms with Gasteiger partial charge in [0.05, 0.1) is 27.5 Å². The Hall–Kier alpha value is -7.10. The van der Waals surface area contributed by atoms with Crippen LogP contribution in [-0.4, -0.2) is 14.4 Å². The molecule has 8 aromatic carbocycles. The smallest absolute Gasteiger partial charge is 0.165 e. The highest BCUT2D eigenvalue weighted by molar-refractivity contribution is 6.23. The van der Waals surface area contributed by atoms with Gasteiger partial charge in [0, 0.05) is 21.7 Å². The lowest BCUT2D eigenvalue weighted by Crippen LogP contribution is -2.28. The Morgan fingerprint density at radius 3 is 1.81 bits per heavy atom. The molecule has 3 heterocycles. The molecule has 250 valence electrons. The molecule has 0 bridgehead atoms. The van der Waals surface area contributed by atoms with Crippen molar-refractivity contribution in [3.63, 3.8) is 0 Å². The highest BCUT2D eigenvalue weighted by Gasteiger charge is 2.45. The van der Waals surface area contributed by atoms with Crippen LogP contribution in [0.3, 0.4) is 0 Å². The number of para-hydroxylation sites is 2. The predicted molar refractivity (Wildman–Crippen MR) is 222 cm³/mol. The summed E-state index contributed by atoms with van der Waals surface area (Å²) < 4.78 is 2.33.